The molecule has 6 nitrogen and oxygen atoms in total. The van der Waals surface area contributed by atoms with E-state index in [2.05, 4.69) is 15.6 Å². The van der Waals surface area contributed by atoms with E-state index < -0.39 is 0 Å². The van der Waals surface area contributed by atoms with Crippen LogP contribution in [0.25, 0.3) is 0 Å². The maximum absolute atomic E-state index is 12.9. The first-order valence-electron chi connectivity index (χ1n) is 9.70. The van der Waals surface area contributed by atoms with Gasteiger partial charge in [0, 0.05) is 42.7 Å². The number of hydrogen-bond donors (Lipinski definition) is 2. The number of carbonyl (C=O) groups is 1. The number of aryl methyl sites for hydroxylation is 1. The van der Waals surface area contributed by atoms with E-state index >= 15 is 0 Å². The molecule has 29 heavy (non-hydrogen) atoms. The molecule has 7 heteroatoms. The highest BCUT2D eigenvalue weighted by Crippen LogP contribution is 2.20. The Balaban J connectivity index is 1.79. The number of amides is 1. The quantitative estimate of drug-likeness (QED) is 0.571. The summed E-state index contributed by atoms with van der Waals surface area (Å²) < 4.78 is 5.65. The maximum Gasteiger partial charge on any atom is 0.258 e. The van der Waals surface area contributed by atoms with Crippen LogP contribution in [-0.2, 0) is 4.74 Å². The molecule has 1 atom stereocenters. The topological polar surface area (TPSA) is 66.0 Å². The fraction of sp³-hybridized carbons (Fsp3) is 0.364. The van der Waals surface area contributed by atoms with Gasteiger partial charge < -0.3 is 15.0 Å². The Bertz CT molecular complexity index is 892. The fourth-order valence-electron chi connectivity index (χ4n) is 3.09. The van der Waals surface area contributed by atoms with E-state index in [0.29, 0.717) is 23.1 Å². The van der Waals surface area contributed by atoms with Crippen molar-refractivity contribution in [3.8, 4) is 0 Å². The lowest BCUT2D eigenvalue weighted by molar-refractivity contribution is 0.0975. The van der Waals surface area contributed by atoms with Gasteiger partial charge in [-0.1, -0.05) is 17.7 Å². The predicted molar refractivity (Wildman–Crippen MR) is 119 cm³/mol. The molecule has 1 heterocycles. The second kappa shape index (κ2) is 9.76. The van der Waals surface area contributed by atoms with Crippen molar-refractivity contribution < 1.29 is 9.53 Å². The number of rotatable bonds is 5. The van der Waals surface area contributed by atoms with Crippen molar-refractivity contribution in [2.45, 2.75) is 25.9 Å². The molecule has 0 bridgehead atoms. The van der Waals surface area contributed by atoms with Gasteiger partial charge in [0.25, 0.3) is 5.91 Å². The van der Waals surface area contributed by atoms with Gasteiger partial charge in [-0.3, -0.25) is 10.1 Å². The molecule has 0 radical (unpaired) electrons. The highest BCUT2D eigenvalue weighted by atomic mass is 35.5. The molecule has 1 aliphatic rings. The van der Waals surface area contributed by atoms with Crippen molar-refractivity contribution in [1.29, 1.82) is 0 Å². The van der Waals surface area contributed by atoms with Crippen LogP contribution in [0.1, 0.15) is 28.8 Å². The number of aliphatic imine (C=N–C) groups is 1. The Hall–Kier alpha value is -2.57. The lowest BCUT2D eigenvalue weighted by Gasteiger charge is -2.16. The number of nitrogens with zero attached hydrogens (tertiary/aromatic N) is 2. The molecule has 0 aromatic heterocycles. The minimum Gasteiger partial charge on any atom is -0.378 e. The van der Waals surface area contributed by atoms with Crippen molar-refractivity contribution in [2.24, 2.45) is 4.99 Å². The summed E-state index contributed by atoms with van der Waals surface area (Å²) in [5, 5.41) is 6.80. The largest absolute Gasteiger partial charge is 0.378 e. The van der Waals surface area contributed by atoms with Crippen LogP contribution in [0.4, 0.5) is 11.4 Å². The average molecular weight is 415 g/mol. The van der Waals surface area contributed by atoms with Crippen LogP contribution >= 0.6 is 11.6 Å². The molecule has 2 aromatic carbocycles. The number of benzene rings is 2. The van der Waals surface area contributed by atoms with E-state index in [1.807, 2.05) is 56.3 Å². The van der Waals surface area contributed by atoms with Crippen LogP contribution in [0.5, 0.6) is 0 Å². The van der Waals surface area contributed by atoms with E-state index in [-0.39, 0.29) is 12.0 Å². The number of guanidine groups is 1. The van der Waals surface area contributed by atoms with E-state index in [1.165, 1.54) is 0 Å². The number of anilines is 2. The van der Waals surface area contributed by atoms with Crippen LogP contribution in [0.2, 0.25) is 5.02 Å². The van der Waals surface area contributed by atoms with Gasteiger partial charge >= 0.3 is 0 Å². The predicted octanol–water partition coefficient (Wildman–Crippen LogP) is 4.09. The monoisotopic (exact) mass is 414 g/mol. The van der Waals surface area contributed by atoms with E-state index in [0.717, 1.165) is 36.4 Å². The number of ether oxygens (including phenoxy) is 1. The molecule has 0 saturated carbocycles. The van der Waals surface area contributed by atoms with Gasteiger partial charge in [-0.2, -0.15) is 0 Å². The smallest absolute Gasteiger partial charge is 0.258 e. The minimum absolute atomic E-state index is 0.0899. The Labute approximate surface area is 176 Å². The number of carbonyl (C=O) groups excluding carboxylic acids is 1. The van der Waals surface area contributed by atoms with Gasteiger partial charge in [-0.05, 0) is 61.7 Å². The third-order valence-corrected chi connectivity index (χ3v) is 5.01. The first-order chi connectivity index (χ1) is 13.9. The zero-order chi connectivity index (χ0) is 20.8. The summed E-state index contributed by atoms with van der Waals surface area (Å²) in [6.07, 6.45) is 2.12. The molecular formula is C22H27ClN4O2. The van der Waals surface area contributed by atoms with Gasteiger partial charge in [0.05, 0.1) is 12.6 Å². The molecule has 2 aromatic rings. The lowest BCUT2D eigenvalue weighted by atomic mass is 10.2. The summed E-state index contributed by atoms with van der Waals surface area (Å²) >= 11 is 6.06. The van der Waals surface area contributed by atoms with Crippen molar-refractivity contribution in [3.05, 3.63) is 58.6 Å². The van der Waals surface area contributed by atoms with E-state index in [9.17, 15) is 4.79 Å². The number of nitrogens with one attached hydrogen (secondary N) is 2. The highest BCUT2D eigenvalue weighted by molar-refractivity contribution is 6.30. The third kappa shape index (κ3) is 5.95. The number of hydrogen-bond acceptors (Lipinski definition) is 4. The summed E-state index contributed by atoms with van der Waals surface area (Å²) in [5.41, 5.74) is 3.32. The first kappa shape index (κ1) is 21.1. The van der Waals surface area contributed by atoms with Crippen LogP contribution in [0.15, 0.2) is 47.5 Å². The van der Waals surface area contributed by atoms with Crippen molar-refractivity contribution in [1.82, 2.24) is 5.32 Å². The highest BCUT2D eigenvalue weighted by Gasteiger charge is 2.16. The second-order valence-corrected chi connectivity index (χ2v) is 7.74. The van der Waals surface area contributed by atoms with Crippen LogP contribution in [-0.4, -0.2) is 45.2 Å². The average Bonchev–Trinajstić information content (AvgIpc) is 3.22. The van der Waals surface area contributed by atoms with Gasteiger partial charge in [0.15, 0.2) is 0 Å². The summed E-state index contributed by atoms with van der Waals surface area (Å²) in [5.74, 6) is 0.171. The van der Waals surface area contributed by atoms with Crippen molar-refractivity contribution >= 4 is 34.8 Å². The van der Waals surface area contributed by atoms with Gasteiger partial charge in [0.1, 0.15) is 0 Å². The zero-order valence-corrected chi connectivity index (χ0v) is 17.8. The minimum atomic E-state index is -0.223. The van der Waals surface area contributed by atoms with Gasteiger partial charge in [-0.15, -0.1) is 0 Å². The fourth-order valence-corrected chi connectivity index (χ4v) is 3.32. The normalized spacial score (nSPS) is 16.6. The second-order valence-electron chi connectivity index (χ2n) is 7.31. The molecule has 3 rings (SSSR count). The Kier molecular flexibility index (Phi) is 7.12. The van der Waals surface area contributed by atoms with Crippen molar-refractivity contribution in [3.63, 3.8) is 0 Å². The molecule has 1 fully saturated rings. The molecular weight excluding hydrogens is 388 g/mol. The maximum atomic E-state index is 12.9. The van der Waals surface area contributed by atoms with Gasteiger partial charge in [0.2, 0.25) is 5.96 Å². The van der Waals surface area contributed by atoms with E-state index in [4.69, 9.17) is 16.3 Å². The van der Waals surface area contributed by atoms with Crippen molar-refractivity contribution in [2.75, 3.05) is 37.5 Å². The third-order valence-electron chi connectivity index (χ3n) is 4.78. The Morgan fingerprint density at radius 3 is 2.79 bits per heavy atom. The summed E-state index contributed by atoms with van der Waals surface area (Å²) in [7, 11) is 3.88. The molecule has 1 amide bonds. The first-order valence-corrected chi connectivity index (χ1v) is 10.1. The molecule has 1 unspecified atom stereocenters. The Morgan fingerprint density at radius 2 is 2.10 bits per heavy atom. The standard InChI is InChI=1S/C22H27ClN4O2/c1-15-12-17(23)9-10-20(15)25-22(24-14-19-8-5-11-29-19)26-21(28)16-6-4-7-18(13-16)27(2)3/h4,6-7,9-10,12-13,19H,5,8,11,14H2,1-3H3,(H2,24,25,26,28). The molecule has 1 saturated heterocycles. The molecule has 2 N–H and O–H groups in total. The Morgan fingerprint density at radius 1 is 1.28 bits per heavy atom. The van der Waals surface area contributed by atoms with Crippen LogP contribution < -0.4 is 15.5 Å². The van der Waals surface area contributed by atoms with E-state index in [1.54, 1.807) is 12.1 Å². The number of halogens is 1. The zero-order valence-electron chi connectivity index (χ0n) is 17.0. The molecule has 0 spiro atoms. The molecule has 1 aliphatic heterocycles. The van der Waals surface area contributed by atoms with Crippen LogP contribution in [0, 0.1) is 6.92 Å². The summed E-state index contributed by atoms with van der Waals surface area (Å²) in [6, 6.07) is 13.0. The molecule has 0 aliphatic carbocycles. The lowest BCUT2D eigenvalue weighted by Crippen LogP contribution is -2.37. The summed E-state index contributed by atoms with van der Waals surface area (Å²) in [6.45, 7) is 3.21. The summed E-state index contributed by atoms with van der Waals surface area (Å²) in [4.78, 5) is 19.4. The van der Waals surface area contributed by atoms with Gasteiger partial charge in [-0.25, -0.2) is 4.99 Å². The SMILES string of the molecule is Cc1cc(Cl)ccc1NC(=NCC1CCCO1)NC(=O)c1cccc(N(C)C)c1. The van der Waals surface area contributed by atoms with Crippen LogP contribution in [0.3, 0.4) is 0 Å². The molecule has 154 valence electrons.